The fraction of sp³-hybridized carbons (Fsp3) is 0.316. The molecule has 6 heteroatoms. The third-order valence-electron chi connectivity index (χ3n) is 4.33. The van der Waals surface area contributed by atoms with Gasteiger partial charge in [0.15, 0.2) is 0 Å². The number of nitrogens with zero attached hydrogens (tertiary/aromatic N) is 1. The van der Waals surface area contributed by atoms with Crippen molar-refractivity contribution >= 4 is 5.91 Å². The number of ether oxygens (including phenoxy) is 1. The lowest BCUT2D eigenvalue weighted by atomic mass is 9.99. The highest BCUT2D eigenvalue weighted by atomic mass is 19.4. The van der Waals surface area contributed by atoms with E-state index in [0.29, 0.717) is 13.0 Å². The monoisotopic (exact) mass is 349 g/mol. The Hall–Kier alpha value is -2.34. The van der Waals surface area contributed by atoms with Gasteiger partial charge in [-0.2, -0.15) is 13.2 Å². The maximum atomic E-state index is 13.1. The van der Waals surface area contributed by atoms with Crippen LogP contribution in [0.2, 0.25) is 0 Å². The molecule has 0 bridgehead atoms. The Morgan fingerprint density at radius 1 is 1.12 bits per heavy atom. The summed E-state index contributed by atoms with van der Waals surface area (Å²) in [5, 5.41) is 0. The molecule has 0 aliphatic carbocycles. The van der Waals surface area contributed by atoms with Crippen LogP contribution in [0.1, 0.15) is 27.0 Å². The van der Waals surface area contributed by atoms with Gasteiger partial charge >= 0.3 is 6.18 Å². The van der Waals surface area contributed by atoms with E-state index in [-0.39, 0.29) is 18.2 Å². The lowest BCUT2D eigenvalue weighted by Gasteiger charge is -2.29. The molecule has 0 N–H and O–H groups in total. The fourth-order valence-electron chi connectivity index (χ4n) is 3.04. The van der Waals surface area contributed by atoms with Crippen LogP contribution in [0.25, 0.3) is 0 Å². The van der Waals surface area contributed by atoms with Crippen LogP contribution in [-0.2, 0) is 23.9 Å². The van der Waals surface area contributed by atoms with Crippen LogP contribution in [0.5, 0.6) is 0 Å². The first-order valence-electron chi connectivity index (χ1n) is 7.96. The van der Waals surface area contributed by atoms with Gasteiger partial charge in [0.2, 0.25) is 0 Å². The fourth-order valence-corrected chi connectivity index (χ4v) is 3.04. The summed E-state index contributed by atoms with van der Waals surface area (Å²) in [7, 11) is 1.50. The van der Waals surface area contributed by atoms with E-state index in [1.54, 1.807) is 0 Å². The molecular weight excluding hydrogens is 331 g/mol. The molecule has 1 amide bonds. The number of hydrogen-bond acceptors (Lipinski definition) is 2. The van der Waals surface area contributed by atoms with Crippen molar-refractivity contribution in [2.24, 2.45) is 0 Å². The van der Waals surface area contributed by atoms with Crippen molar-refractivity contribution in [2.75, 3.05) is 13.6 Å². The van der Waals surface area contributed by atoms with Gasteiger partial charge in [-0.1, -0.05) is 36.4 Å². The minimum atomic E-state index is -4.56. The van der Waals surface area contributed by atoms with Gasteiger partial charge in [0.05, 0.1) is 23.8 Å². The normalized spacial score (nSPS) is 17.0. The smallest absolute Gasteiger partial charge is 0.371 e. The molecule has 2 aromatic carbocycles. The summed E-state index contributed by atoms with van der Waals surface area (Å²) in [4.78, 5) is 13.8. The first kappa shape index (κ1) is 17.5. The third-order valence-corrected chi connectivity index (χ3v) is 4.33. The van der Waals surface area contributed by atoms with E-state index >= 15 is 0 Å². The van der Waals surface area contributed by atoms with Gasteiger partial charge in [0.1, 0.15) is 0 Å². The second-order valence-corrected chi connectivity index (χ2v) is 6.13. The largest absolute Gasteiger partial charge is 0.417 e. The Balaban J connectivity index is 1.72. The minimum Gasteiger partial charge on any atom is -0.371 e. The highest BCUT2D eigenvalue weighted by Gasteiger charge is 2.35. The number of rotatable bonds is 3. The quantitative estimate of drug-likeness (QED) is 0.841. The van der Waals surface area contributed by atoms with Crippen molar-refractivity contribution in [3.63, 3.8) is 0 Å². The molecule has 1 aliphatic heterocycles. The topological polar surface area (TPSA) is 29.5 Å². The summed E-state index contributed by atoms with van der Waals surface area (Å²) in [6, 6.07) is 12.7. The Morgan fingerprint density at radius 3 is 2.48 bits per heavy atom. The average molecular weight is 349 g/mol. The van der Waals surface area contributed by atoms with Crippen molar-refractivity contribution in [3.05, 3.63) is 70.8 Å². The zero-order valence-electron chi connectivity index (χ0n) is 13.7. The Morgan fingerprint density at radius 2 is 1.76 bits per heavy atom. The summed E-state index contributed by atoms with van der Waals surface area (Å²) in [5.41, 5.74) is 1.00. The molecule has 25 heavy (non-hydrogen) atoms. The van der Waals surface area contributed by atoms with Crippen molar-refractivity contribution < 1.29 is 22.7 Å². The van der Waals surface area contributed by atoms with E-state index in [4.69, 9.17) is 4.74 Å². The van der Waals surface area contributed by atoms with Crippen molar-refractivity contribution in [2.45, 2.75) is 25.3 Å². The summed E-state index contributed by atoms with van der Waals surface area (Å²) in [6.45, 7) is 0.682. The van der Waals surface area contributed by atoms with Crippen molar-refractivity contribution in [3.8, 4) is 0 Å². The maximum Gasteiger partial charge on any atom is 0.417 e. The van der Waals surface area contributed by atoms with Gasteiger partial charge in [-0.15, -0.1) is 0 Å². The van der Waals surface area contributed by atoms with Gasteiger partial charge in [-0.25, -0.2) is 0 Å². The standard InChI is InChI=1S/C19H18F3NO2/c1-23(11-15-10-13-6-2-3-7-14(13)12-25-15)18(24)16-8-4-5-9-17(16)19(20,21)22/h2-9,15H,10-12H2,1H3. The summed E-state index contributed by atoms with van der Waals surface area (Å²) in [5.74, 6) is -0.657. The molecule has 0 saturated carbocycles. The molecule has 0 aromatic heterocycles. The molecule has 0 saturated heterocycles. The highest BCUT2D eigenvalue weighted by molar-refractivity contribution is 5.95. The number of halogens is 3. The molecule has 3 rings (SSSR count). The number of carbonyl (C=O) groups excluding carboxylic acids is 1. The van der Waals surface area contributed by atoms with Gasteiger partial charge in [-0.3, -0.25) is 4.79 Å². The van der Waals surface area contributed by atoms with Gasteiger partial charge in [-0.05, 0) is 23.3 Å². The van der Waals surface area contributed by atoms with Crippen LogP contribution in [0, 0.1) is 0 Å². The number of hydrogen-bond donors (Lipinski definition) is 0. The Labute approximate surface area is 144 Å². The minimum absolute atomic E-state index is 0.234. The Bertz CT molecular complexity index is 773. The number of amides is 1. The Kier molecular flexibility index (Phi) is 4.81. The highest BCUT2D eigenvalue weighted by Crippen LogP contribution is 2.32. The zero-order valence-corrected chi connectivity index (χ0v) is 13.7. The van der Waals surface area contributed by atoms with Gasteiger partial charge in [0, 0.05) is 20.0 Å². The van der Waals surface area contributed by atoms with Crippen molar-refractivity contribution in [1.29, 1.82) is 0 Å². The molecule has 3 nitrogen and oxygen atoms in total. The van der Waals surface area contributed by atoms with Crippen LogP contribution in [-0.4, -0.2) is 30.5 Å². The van der Waals surface area contributed by atoms with Crippen molar-refractivity contribution in [1.82, 2.24) is 4.90 Å². The predicted octanol–water partition coefficient (Wildman–Crippen LogP) is 3.92. The molecule has 2 aromatic rings. The molecule has 132 valence electrons. The van der Waals surface area contributed by atoms with E-state index in [1.807, 2.05) is 24.3 Å². The molecule has 1 atom stereocenters. The second-order valence-electron chi connectivity index (χ2n) is 6.13. The number of likely N-dealkylation sites (N-methyl/N-ethyl adjacent to an activating group) is 1. The lowest BCUT2D eigenvalue weighted by molar-refractivity contribution is -0.138. The van der Waals surface area contributed by atoms with Crippen LogP contribution in [0.15, 0.2) is 48.5 Å². The van der Waals surface area contributed by atoms with E-state index in [1.165, 1.54) is 30.1 Å². The first-order valence-corrected chi connectivity index (χ1v) is 7.96. The number of benzene rings is 2. The number of carbonyl (C=O) groups is 1. The third kappa shape index (κ3) is 3.85. The summed E-state index contributed by atoms with van der Waals surface area (Å²) >= 11 is 0. The number of fused-ring (bicyclic) bond motifs is 1. The van der Waals surface area contributed by atoms with Gasteiger partial charge < -0.3 is 9.64 Å². The van der Waals surface area contributed by atoms with E-state index in [2.05, 4.69) is 0 Å². The van der Waals surface area contributed by atoms with Crippen LogP contribution in [0.4, 0.5) is 13.2 Å². The summed E-state index contributed by atoms with van der Waals surface area (Å²) in [6.07, 6.45) is -4.16. The SMILES string of the molecule is CN(CC1Cc2ccccc2CO1)C(=O)c1ccccc1C(F)(F)F. The van der Waals surface area contributed by atoms with E-state index in [0.717, 1.165) is 17.2 Å². The molecule has 0 radical (unpaired) electrons. The lowest BCUT2D eigenvalue weighted by Crippen LogP contribution is -2.38. The maximum absolute atomic E-state index is 13.1. The molecule has 1 aliphatic rings. The average Bonchev–Trinajstić information content (AvgIpc) is 2.60. The van der Waals surface area contributed by atoms with E-state index in [9.17, 15) is 18.0 Å². The molecule has 0 fully saturated rings. The first-order chi connectivity index (χ1) is 11.9. The van der Waals surface area contributed by atoms with Gasteiger partial charge in [0.25, 0.3) is 5.91 Å². The van der Waals surface area contributed by atoms with Crippen LogP contribution in [0.3, 0.4) is 0 Å². The zero-order chi connectivity index (χ0) is 18.0. The molecular formula is C19H18F3NO2. The summed E-state index contributed by atoms with van der Waals surface area (Å²) < 4.78 is 45.0. The predicted molar refractivity (Wildman–Crippen MR) is 87.1 cm³/mol. The molecule has 1 unspecified atom stereocenters. The van der Waals surface area contributed by atoms with E-state index < -0.39 is 17.6 Å². The molecule has 0 spiro atoms. The van der Waals surface area contributed by atoms with Crippen LogP contribution >= 0.6 is 0 Å². The number of alkyl halides is 3. The molecule has 1 heterocycles. The second kappa shape index (κ2) is 6.88. The van der Waals surface area contributed by atoms with Crippen LogP contribution < -0.4 is 0 Å².